The van der Waals surface area contributed by atoms with E-state index in [1.165, 1.54) is 19.3 Å². The van der Waals surface area contributed by atoms with Crippen molar-refractivity contribution in [2.75, 3.05) is 19.8 Å². The number of aromatic nitrogens is 2. The molecular formula is C14H23N3O2. The normalized spacial score (nSPS) is 22.5. The zero-order valence-electron chi connectivity index (χ0n) is 11.8. The quantitative estimate of drug-likeness (QED) is 0.851. The fraction of sp³-hybridized carbons (Fsp3) is 0.714. The van der Waals surface area contributed by atoms with Gasteiger partial charge in [-0.05, 0) is 45.1 Å². The third-order valence-corrected chi connectivity index (χ3v) is 3.65. The van der Waals surface area contributed by atoms with Crippen molar-refractivity contribution in [3.05, 3.63) is 11.8 Å². The molecule has 1 saturated carbocycles. The molecular weight excluding hydrogens is 242 g/mol. The number of hydrogen-bond acceptors (Lipinski definition) is 5. The van der Waals surface area contributed by atoms with Crippen LogP contribution < -0.4 is 15.2 Å². The van der Waals surface area contributed by atoms with Gasteiger partial charge in [-0.3, -0.25) is 0 Å². The zero-order chi connectivity index (χ0) is 13.7. The van der Waals surface area contributed by atoms with Crippen LogP contribution >= 0.6 is 0 Å². The molecule has 1 fully saturated rings. The molecule has 2 N–H and O–H groups in total. The van der Waals surface area contributed by atoms with Crippen molar-refractivity contribution in [2.24, 2.45) is 17.6 Å². The minimum Gasteiger partial charge on any atom is -0.478 e. The van der Waals surface area contributed by atoms with E-state index in [2.05, 4.69) is 9.97 Å². The van der Waals surface area contributed by atoms with E-state index in [0.717, 1.165) is 12.2 Å². The van der Waals surface area contributed by atoms with E-state index in [4.69, 9.17) is 15.2 Å². The van der Waals surface area contributed by atoms with E-state index >= 15 is 0 Å². The monoisotopic (exact) mass is 265 g/mol. The summed E-state index contributed by atoms with van der Waals surface area (Å²) in [7, 11) is 0. The van der Waals surface area contributed by atoms with Crippen LogP contribution in [-0.4, -0.2) is 29.7 Å². The second-order valence-corrected chi connectivity index (χ2v) is 5.06. The lowest BCUT2D eigenvalue weighted by molar-refractivity contribution is 0.199. The molecule has 1 aliphatic carbocycles. The van der Waals surface area contributed by atoms with Crippen LogP contribution in [-0.2, 0) is 0 Å². The Kier molecular flexibility index (Phi) is 4.96. The molecule has 19 heavy (non-hydrogen) atoms. The molecule has 1 heterocycles. The number of ether oxygens (including phenoxy) is 2. The standard InChI is InChI=1S/C14H23N3O2/c1-3-18-13-7-10(2)16-14(17-13)19-9-12-6-4-5-11(12)8-15/h7,11-12H,3-6,8-9,15H2,1-2H3. The Labute approximate surface area is 114 Å². The maximum absolute atomic E-state index is 5.77. The van der Waals surface area contributed by atoms with Crippen molar-refractivity contribution in [2.45, 2.75) is 33.1 Å². The van der Waals surface area contributed by atoms with Gasteiger partial charge in [0.05, 0.1) is 13.2 Å². The average molecular weight is 265 g/mol. The Balaban J connectivity index is 1.95. The van der Waals surface area contributed by atoms with Crippen LogP contribution in [0.3, 0.4) is 0 Å². The van der Waals surface area contributed by atoms with E-state index in [-0.39, 0.29) is 0 Å². The van der Waals surface area contributed by atoms with Gasteiger partial charge in [0, 0.05) is 11.8 Å². The molecule has 0 radical (unpaired) electrons. The van der Waals surface area contributed by atoms with Gasteiger partial charge in [0.1, 0.15) is 0 Å². The summed E-state index contributed by atoms with van der Waals surface area (Å²) in [5.41, 5.74) is 6.63. The first-order chi connectivity index (χ1) is 9.22. The summed E-state index contributed by atoms with van der Waals surface area (Å²) < 4.78 is 11.1. The summed E-state index contributed by atoms with van der Waals surface area (Å²) in [5, 5.41) is 0. The summed E-state index contributed by atoms with van der Waals surface area (Å²) in [6, 6.07) is 2.22. The Morgan fingerprint density at radius 2 is 2.05 bits per heavy atom. The number of rotatable bonds is 6. The number of nitrogens with zero attached hydrogens (tertiary/aromatic N) is 2. The molecule has 2 unspecified atom stereocenters. The van der Waals surface area contributed by atoms with Crippen molar-refractivity contribution in [1.29, 1.82) is 0 Å². The minimum absolute atomic E-state index is 0.408. The van der Waals surface area contributed by atoms with Crippen LogP contribution in [0.5, 0.6) is 11.9 Å². The molecule has 1 aliphatic rings. The van der Waals surface area contributed by atoms with Crippen LogP contribution in [0.4, 0.5) is 0 Å². The maximum Gasteiger partial charge on any atom is 0.319 e. The van der Waals surface area contributed by atoms with Crippen molar-refractivity contribution in [1.82, 2.24) is 9.97 Å². The molecule has 0 amide bonds. The molecule has 106 valence electrons. The minimum atomic E-state index is 0.408. The second-order valence-electron chi connectivity index (χ2n) is 5.06. The lowest BCUT2D eigenvalue weighted by Crippen LogP contribution is -2.23. The van der Waals surface area contributed by atoms with E-state index in [0.29, 0.717) is 36.9 Å². The van der Waals surface area contributed by atoms with E-state index < -0.39 is 0 Å². The fourth-order valence-corrected chi connectivity index (χ4v) is 2.62. The van der Waals surface area contributed by atoms with Gasteiger partial charge in [-0.1, -0.05) is 6.42 Å². The summed E-state index contributed by atoms with van der Waals surface area (Å²) in [6.45, 7) is 5.83. The Morgan fingerprint density at radius 1 is 1.26 bits per heavy atom. The summed E-state index contributed by atoms with van der Waals surface area (Å²) in [6.07, 6.45) is 3.64. The summed E-state index contributed by atoms with van der Waals surface area (Å²) in [4.78, 5) is 8.53. The lowest BCUT2D eigenvalue weighted by Gasteiger charge is -2.17. The highest BCUT2D eigenvalue weighted by atomic mass is 16.5. The molecule has 0 spiro atoms. The number of aryl methyl sites for hydroxylation is 1. The van der Waals surface area contributed by atoms with Gasteiger partial charge >= 0.3 is 6.01 Å². The molecule has 0 bridgehead atoms. The van der Waals surface area contributed by atoms with Gasteiger partial charge in [-0.25, -0.2) is 4.98 Å². The Bertz CT molecular complexity index is 412. The van der Waals surface area contributed by atoms with Crippen LogP contribution in [0.25, 0.3) is 0 Å². The van der Waals surface area contributed by atoms with Crippen LogP contribution in [0.15, 0.2) is 6.07 Å². The Hall–Kier alpha value is -1.36. The van der Waals surface area contributed by atoms with Gasteiger partial charge in [-0.15, -0.1) is 0 Å². The second kappa shape index (κ2) is 6.70. The maximum atomic E-state index is 5.77. The van der Waals surface area contributed by atoms with Crippen molar-refractivity contribution < 1.29 is 9.47 Å². The smallest absolute Gasteiger partial charge is 0.319 e. The van der Waals surface area contributed by atoms with E-state index in [9.17, 15) is 0 Å². The number of hydrogen-bond donors (Lipinski definition) is 1. The van der Waals surface area contributed by atoms with Gasteiger partial charge in [0.25, 0.3) is 0 Å². The van der Waals surface area contributed by atoms with E-state index in [1.54, 1.807) is 0 Å². The van der Waals surface area contributed by atoms with Gasteiger partial charge in [0.15, 0.2) is 0 Å². The van der Waals surface area contributed by atoms with Crippen LogP contribution in [0, 0.1) is 18.8 Å². The molecule has 2 rings (SSSR count). The first kappa shape index (κ1) is 14.1. The predicted octanol–water partition coefficient (Wildman–Crippen LogP) is 1.94. The highest BCUT2D eigenvalue weighted by Gasteiger charge is 2.26. The SMILES string of the molecule is CCOc1cc(C)nc(OCC2CCCC2CN)n1. The molecule has 2 atom stereocenters. The third kappa shape index (κ3) is 3.80. The lowest BCUT2D eigenvalue weighted by atomic mass is 9.97. The number of nitrogens with two attached hydrogens (primary N) is 1. The van der Waals surface area contributed by atoms with Gasteiger partial charge in [0.2, 0.25) is 5.88 Å². The molecule has 0 aliphatic heterocycles. The third-order valence-electron chi connectivity index (χ3n) is 3.65. The highest BCUT2D eigenvalue weighted by molar-refractivity contribution is 5.17. The van der Waals surface area contributed by atoms with E-state index in [1.807, 2.05) is 19.9 Å². The Morgan fingerprint density at radius 3 is 2.79 bits per heavy atom. The fourth-order valence-electron chi connectivity index (χ4n) is 2.62. The first-order valence-corrected chi connectivity index (χ1v) is 7.04. The summed E-state index contributed by atoms with van der Waals surface area (Å²) in [5.74, 6) is 1.69. The van der Waals surface area contributed by atoms with Gasteiger partial charge in [-0.2, -0.15) is 4.98 Å². The molecule has 0 saturated heterocycles. The highest BCUT2D eigenvalue weighted by Crippen LogP contribution is 2.31. The predicted molar refractivity (Wildman–Crippen MR) is 73.3 cm³/mol. The molecule has 1 aromatic rings. The van der Waals surface area contributed by atoms with Crippen molar-refractivity contribution in [3.63, 3.8) is 0 Å². The largest absolute Gasteiger partial charge is 0.478 e. The summed E-state index contributed by atoms with van der Waals surface area (Å²) >= 11 is 0. The molecule has 1 aromatic heterocycles. The first-order valence-electron chi connectivity index (χ1n) is 7.04. The van der Waals surface area contributed by atoms with Gasteiger partial charge < -0.3 is 15.2 Å². The van der Waals surface area contributed by atoms with Crippen molar-refractivity contribution in [3.8, 4) is 11.9 Å². The molecule has 5 nitrogen and oxygen atoms in total. The molecule has 0 aromatic carbocycles. The molecule has 5 heteroatoms. The average Bonchev–Trinajstić information content (AvgIpc) is 2.83. The van der Waals surface area contributed by atoms with Crippen molar-refractivity contribution >= 4 is 0 Å². The zero-order valence-corrected chi connectivity index (χ0v) is 11.8. The van der Waals surface area contributed by atoms with Crippen LogP contribution in [0.2, 0.25) is 0 Å². The topological polar surface area (TPSA) is 70.3 Å². The van der Waals surface area contributed by atoms with Crippen LogP contribution in [0.1, 0.15) is 31.9 Å².